The molecule has 0 bridgehead atoms. The lowest BCUT2D eigenvalue weighted by atomic mass is 10.3. The van der Waals surface area contributed by atoms with Crippen molar-refractivity contribution in [3.8, 4) is 0 Å². The van der Waals surface area contributed by atoms with Crippen LogP contribution < -0.4 is 28.9 Å². The van der Waals surface area contributed by atoms with E-state index >= 15 is 0 Å². The molecule has 0 fully saturated rings. The Hall–Kier alpha value is 0.470. The number of quaternary nitrogens is 2. The predicted octanol–water partition coefficient (Wildman–Crippen LogP) is -4.86. The molecule has 136 valence electrons. The van der Waals surface area contributed by atoms with Gasteiger partial charge in [0, 0.05) is 12.8 Å². The van der Waals surface area contributed by atoms with E-state index in [0.29, 0.717) is 30.4 Å². The number of nitrogens with one attached hydrogen (secondary N) is 1. The molecule has 3 N–H and O–H groups in total. The molecule has 1 atom stereocenters. The second kappa shape index (κ2) is 10.4. The topological polar surface area (TPSA) is 113 Å². The largest absolute Gasteiger partial charge is 1.00 e. The van der Waals surface area contributed by atoms with Crippen molar-refractivity contribution in [2.75, 3.05) is 58.8 Å². The van der Waals surface area contributed by atoms with Crippen molar-refractivity contribution in [2.45, 2.75) is 12.8 Å². The smallest absolute Gasteiger partial charge is 0.265 e. The first-order valence-electron chi connectivity index (χ1n) is 6.84. The summed E-state index contributed by atoms with van der Waals surface area (Å²) in [7, 11) is -1.88. The van der Waals surface area contributed by atoms with Gasteiger partial charge in [0.05, 0.1) is 45.7 Å². The van der Waals surface area contributed by atoms with Gasteiger partial charge in [0.25, 0.3) is 20.2 Å². The van der Waals surface area contributed by atoms with Crippen LogP contribution in [-0.4, -0.2) is 89.3 Å². The minimum atomic E-state index is -3.90. The number of nitrogens with zero attached hydrogens (tertiary/aromatic N) is 1. The first-order chi connectivity index (χ1) is 9.31. The van der Waals surface area contributed by atoms with Gasteiger partial charge in [-0.3, -0.25) is 9.11 Å². The number of hydrogen-bond donors (Lipinski definition) is 3. The molecule has 22 heavy (non-hydrogen) atoms. The lowest BCUT2D eigenvalue weighted by molar-refractivity contribution is -0.942. The Labute approximate surface area is 151 Å². The van der Waals surface area contributed by atoms with Crippen molar-refractivity contribution in [2.24, 2.45) is 0 Å². The number of rotatable bonds is 11. The predicted molar refractivity (Wildman–Crippen MR) is 80.5 cm³/mol. The molecule has 0 aliphatic heterocycles. The Morgan fingerprint density at radius 2 is 1.32 bits per heavy atom. The van der Waals surface area contributed by atoms with Crippen molar-refractivity contribution in [3.05, 3.63) is 0 Å². The molecule has 0 saturated heterocycles. The number of halogens is 1. The summed E-state index contributed by atoms with van der Waals surface area (Å²) in [6.07, 6.45) is 0.800. The van der Waals surface area contributed by atoms with E-state index in [9.17, 15) is 16.8 Å². The van der Waals surface area contributed by atoms with Gasteiger partial charge in [0.2, 0.25) is 0 Å². The highest BCUT2D eigenvalue weighted by atomic mass is 127. The minimum absolute atomic E-state index is 0. The van der Waals surface area contributed by atoms with Crippen LogP contribution in [0.1, 0.15) is 12.8 Å². The van der Waals surface area contributed by atoms with Crippen LogP contribution >= 0.6 is 0 Å². The van der Waals surface area contributed by atoms with Gasteiger partial charge in [0.1, 0.15) is 13.1 Å². The van der Waals surface area contributed by atoms with Crippen LogP contribution in [0, 0.1) is 0 Å². The molecular formula is C11H28IN2O6S2+. The maximum absolute atomic E-state index is 10.7. The summed E-state index contributed by atoms with van der Waals surface area (Å²) in [5.41, 5.74) is 0. The van der Waals surface area contributed by atoms with E-state index in [0.717, 1.165) is 18.0 Å². The second-order valence-corrected chi connectivity index (χ2v) is 9.26. The van der Waals surface area contributed by atoms with Crippen molar-refractivity contribution < 1.29 is 59.3 Å². The first kappa shape index (κ1) is 24.7. The Kier molecular flexibility index (Phi) is 11.6. The molecule has 0 aliphatic rings. The molecule has 0 rings (SSSR count). The van der Waals surface area contributed by atoms with Crippen LogP contribution in [0.15, 0.2) is 0 Å². The van der Waals surface area contributed by atoms with E-state index in [2.05, 4.69) is 0 Å². The first-order valence-corrected chi connectivity index (χ1v) is 10.1. The number of likely N-dealkylation sites (N-methyl/N-ethyl adjacent to an activating group) is 2. The summed E-state index contributed by atoms with van der Waals surface area (Å²) in [6, 6.07) is 0. The average molecular weight is 475 g/mol. The summed E-state index contributed by atoms with van der Waals surface area (Å²) in [5, 5.41) is 0. The van der Waals surface area contributed by atoms with Gasteiger partial charge in [-0.2, -0.15) is 16.8 Å². The highest BCUT2D eigenvalue weighted by molar-refractivity contribution is 7.86. The Morgan fingerprint density at radius 3 is 1.77 bits per heavy atom. The van der Waals surface area contributed by atoms with Crippen molar-refractivity contribution in [3.63, 3.8) is 0 Å². The van der Waals surface area contributed by atoms with E-state index < -0.39 is 20.2 Å². The maximum Gasteiger partial charge on any atom is 0.265 e. The fraction of sp³-hybridized carbons (Fsp3) is 1.00. The van der Waals surface area contributed by atoms with Gasteiger partial charge < -0.3 is 33.4 Å². The zero-order valence-corrected chi connectivity index (χ0v) is 17.1. The third-order valence-corrected chi connectivity index (χ3v) is 4.92. The summed E-state index contributed by atoms with van der Waals surface area (Å²) >= 11 is 0. The van der Waals surface area contributed by atoms with Crippen LogP contribution in [0.25, 0.3) is 0 Å². The van der Waals surface area contributed by atoms with Crippen LogP contribution in [0.3, 0.4) is 0 Å². The third-order valence-electron chi connectivity index (χ3n) is 3.32. The van der Waals surface area contributed by atoms with E-state index in [1.807, 2.05) is 21.1 Å². The summed E-state index contributed by atoms with van der Waals surface area (Å²) in [5.74, 6) is -0.456. The molecule has 11 heteroatoms. The lowest BCUT2D eigenvalue weighted by Crippen LogP contribution is -3.10. The fourth-order valence-corrected chi connectivity index (χ4v) is 2.96. The van der Waals surface area contributed by atoms with Gasteiger partial charge in [-0.15, -0.1) is 0 Å². The monoisotopic (exact) mass is 475 g/mol. The minimum Gasteiger partial charge on any atom is -1.00 e. The Bertz CT molecular complexity index is 507. The standard InChI is InChI=1S/C11H26N2O6S2.HI/c1-12(6-4-10-20(14,15)16)7-9-13(2,3)8-5-11-21(17,18)19;/h4-11H2,1-3H3,(H-,14,15,16,17,18,19);1H/p+1. The second-order valence-electron chi connectivity index (χ2n) is 6.12. The SMILES string of the molecule is C[NH+](CCCS(=O)(=O)O)CC[N+](C)(C)CCCS(=O)(=O)O.[I-]. The molecule has 1 unspecified atom stereocenters. The van der Waals surface area contributed by atoms with Crippen molar-refractivity contribution in [1.29, 1.82) is 0 Å². The highest BCUT2D eigenvalue weighted by Crippen LogP contribution is 1.99. The quantitative estimate of drug-likeness (QED) is 0.157. The molecule has 0 amide bonds. The van der Waals surface area contributed by atoms with Gasteiger partial charge in [-0.25, -0.2) is 0 Å². The summed E-state index contributed by atoms with van der Waals surface area (Å²) in [4.78, 5) is 1.15. The van der Waals surface area contributed by atoms with Crippen LogP contribution in [-0.2, 0) is 20.2 Å². The highest BCUT2D eigenvalue weighted by Gasteiger charge is 2.19. The molecule has 0 aromatic rings. The lowest BCUT2D eigenvalue weighted by Gasteiger charge is -2.30. The fourth-order valence-electron chi connectivity index (χ4n) is 1.96. The van der Waals surface area contributed by atoms with Gasteiger partial charge in [-0.05, 0) is 0 Å². The van der Waals surface area contributed by atoms with E-state index in [1.165, 1.54) is 0 Å². The van der Waals surface area contributed by atoms with E-state index in [4.69, 9.17) is 9.11 Å². The average Bonchev–Trinajstić information content (AvgIpc) is 2.22. The Morgan fingerprint density at radius 1 is 0.864 bits per heavy atom. The molecule has 0 heterocycles. The maximum atomic E-state index is 10.7. The van der Waals surface area contributed by atoms with E-state index in [-0.39, 0.29) is 35.5 Å². The zero-order valence-electron chi connectivity index (χ0n) is 13.3. The van der Waals surface area contributed by atoms with E-state index in [1.54, 1.807) is 0 Å². The molecule has 0 aliphatic carbocycles. The van der Waals surface area contributed by atoms with Crippen molar-refractivity contribution in [1.82, 2.24) is 0 Å². The molecule has 0 saturated carbocycles. The normalized spacial score (nSPS) is 14.4. The summed E-state index contributed by atoms with van der Waals surface area (Å²) in [6.45, 7) is 2.90. The van der Waals surface area contributed by atoms with Crippen molar-refractivity contribution >= 4 is 20.2 Å². The van der Waals surface area contributed by atoms with Gasteiger partial charge in [-0.1, -0.05) is 0 Å². The molecule has 0 aromatic carbocycles. The molecule has 8 nitrogen and oxygen atoms in total. The molecular weight excluding hydrogens is 447 g/mol. The number of hydrogen-bond acceptors (Lipinski definition) is 4. The van der Waals surface area contributed by atoms with Gasteiger partial charge in [0.15, 0.2) is 0 Å². The van der Waals surface area contributed by atoms with Crippen LogP contribution in [0.2, 0.25) is 0 Å². The van der Waals surface area contributed by atoms with Crippen LogP contribution in [0.4, 0.5) is 0 Å². The zero-order chi connectivity index (χ0) is 16.7. The van der Waals surface area contributed by atoms with Crippen LogP contribution in [0.5, 0.6) is 0 Å². The van der Waals surface area contributed by atoms with Gasteiger partial charge >= 0.3 is 0 Å². The molecule has 0 radical (unpaired) electrons. The third kappa shape index (κ3) is 16.8. The molecule has 0 aromatic heterocycles. The molecule has 0 spiro atoms. The Balaban J connectivity index is 0. The summed E-state index contributed by atoms with van der Waals surface area (Å²) < 4.78 is 60.5.